The largest absolute Gasteiger partial charge is 0.330 e. The summed E-state index contributed by atoms with van der Waals surface area (Å²) in [7, 11) is 0. The van der Waals surface area contributed by atoms with Gasteiger partial charge in [-0.15, -0.1) is 0 Å². The molecule has 0 aliphatic heterocycles. The standard InChI is InChI=1S/C23H24N6S/c1-17-22(18(2)29(27-17)15-20-11-7-4-8-12-20)26-23(30)25-21-13-24-28(16-21)14-19-9-5-3-6-10-19/h3-13,16H,14-15H2,1-2H3,(H2,25,26,30). The molecule has 6 nitrogen and oxygen atoms in total. The maximum atomic E-state index is 5.52. The molecule has 0 spiro atoms. The van der Waals surface area contributed by atoms with Gasteiger partial charge >= 0.3 is 0 Å². The zero-order valence-corrected chi connectivity index (χ0v) is 17.9. The van der Waals surface area contributed by atoms with Gasteiger partial charge in [-0.1, -0.05) is 60.7 Å². The van der Waals surface area contributed by atoms with Crippen molar-refractivity contribution in [2.75, 3.05) is 10.6 Å². The summed E-state index contributed by atoms with van der Waals surface area (Å²) in [4.78, 5) is 0. The summed E-state index contributed by atoms with van der Waals surface area (Å²) in [5, 5.41) is 16.1. The van der Waals surface area contributed by atoms with Crippen LogP contribution in [-0.4, -0.2) is 24.7 Å². The van der Waals surface area contributed by atoms with Crippen molar-refractivity contribution in [3.8, 4) is 0 Å². The van der Waals surface area contributed by atoms with Crippen LogP contribution < -0.4 is 10.6 Å². The molecule has 0 unspecified atom stereocenters. The van der Waals surface area contributed by atoms with Crippen LogP contribution in [0.3, 0.4) is 0 Å². The van der Waals surface area contributed by atoms with Gasteiger partial charge in [0.05, 0.1) is 42.0 Å². The minimum atomic E-state index is 0.514. The molecule has 0 atom stereocenters. The van der Waals surface area contributed by atoms with E-state index in [1.807, 2.05) is 65.8 Å². The monoisotopic (exact) mass is 416 g/mol. The van der Waals surface area contributed by atoms with Gasteiger partial charge < -0.3 is 10.6 Å². The van der Waals surface area contributed by atoms with E-state index in [4.69, 9.17) is 12.2 Å². The molecular formula is C23H24N6S. The highest BCUT2D eigenvalue weighted by Crippen LogP contribution is 2.21. The Morgan fingerprint density at radius 1 is 0.900 bits per heavy atom. The van der Waals surface area contributed by atoms with Crippen molar-refractivity contribution >= 4 is 28.7 Å². The molecule has 4 rings (SSSR count). The van der Waals surface area contributed by atoms with Crippen LogP contribution >= 0.6 is 12.2 Å². The normalized spacial score (nSPS) is 10.7. The van der Waals surface area contributed by atoms with E-state index in [2.05, 4.69) is 45.1 Å². The molecule has 152 valence electrons. The Balaban J connectivity index is 1.40. The number of thiocarbonyl (C=S) groups is 1. The minimum Gasteiger partial charge on any atom is -0.330 e. The first-order chi connectivity index (χ1) is 14.6. The number of nitrogens with zero attached hydrogens (tertiary/aromatic N) is 4. The van der Waals surface area contributed by atoms with Gasteiger partial charge in [0.15, 0.2) is 5.11 Å². The van der Waals surface area contributed by atoms with Gasteiger partial charge in [-0.25, -0.2) is 0 Å². The van der Waals surface area contributed by atoms with Crippen LogP contribution in [0, 0.1) is 13.8 Å². The lowest BCUT2D eigenvalue weighted by Gasteiger charge is -2.10. The van der Waals surface area contributed by atoms with Crippen LogP contribution in [0.25, 0.3) is 0 Å². The SMILES string of the molecule is Cc1nn(Cc2ccccc2)c(C)c1NC(=S)Nc1cnn(Cc2ccccc2)c1. The van der Waals surface area contributed by atoms with E-state index in [0.717, 1.165) is 29.3 Å². The highest BCUT2D eigenvalue weighted by molar-refractivity contribution is 7.80. The highest BCUT2D eigenvalue weighted by atomic mass is 32.1. The van der Waals surface area contributed by atoms with Gasteiger partial charge in [0, 0.05) is 6.20 Å². The van der Waals surface area contributed by atoms with Crippen LogP contribution in [0.2, 0.25) is 0 Å². The van der Waals surface area contributed by atoms with Crippen LogP contribution in [-0.2, 0) is 13.1 Å². The molecule has 0 fully saturated rings. The molecule has 0 aliphatic rings. The summed E-state index contributed by atoms with van der Waals surface area (Å²) in [6, 6.07) is 20.5. The lowest BCUT2D eigenvalue weighted by Crippen LogP contribution is -2.19. The fraction of sp³-hybridized carbons (Fsp3) is 0.174. The predicted molar refractivity (Wildman–Crippen MR) is 125 cm³/mol. The third-order valence-corrected chi connectivity index (χ3v) is 5.08. The van der Waals surface area contributed by atoms with Crippen molar-refractivity contribution in [3.63, 3.8) is 0 Å². The zero-order valence-electron chi connectivity index (χ0n) is 17.0. The zero-order chi connectivity index (χ0) is 20.9. The average Bonchev–Trinajstić information content (AvgIpc) is 3.28. The number of nitrogens with one attached hydrogen (secondary N) is 2. The second-order valence-electron chi connectivity index (χ2n) is 7.18. The van der Waals surface area contributed by atoms with Gasteiger partial charge in [-0.2, -0.15) is 10.2 Å². The molecule has 0 bridgehead atoms. The van der Waals surface area contributed by atoms with Gasteiger partial charge in [-0.05, 0) is 37.2 Å². The Labute approximate surface area is 181 Å². The van der Waals surface area contributed by atoms with Gasteiger partial charge in [0.1, 0.15) is 0 Å². The molecule has 0 amide bonds. The van der Waals surface area contributed by atoms with Crippen molar-refractivity contribution in [1.82, 2.24) is 19.6 Å². The predicted octanol–water partition coefficient (Wildman–Crippen LogP) is 4.60. The van der Waals surface area contributed by atoms with E-state index in [1.165, 1.54) is 11.1 Å². The van der Waals surface area contributed by atoms with Crippen molar-refractivity contribution < 1.29 is 0 Å². The Bertz CT molecular complexity index is 1130. The van der Waals surface area contributed by atoms with Crippen LogP contribution in [0.5, 0.6) is 0 Å². The second kappa shape index (κ2) is 8.92. The van der Waals surface area contributed by atoms with E-state index in [-0.39, 0.29) is 0 Å². The first-order valence-corrected chi connectivity index (χ1v) is 10.2. The quantitative estimate of drug-likeness (QED) is 0.450. The maximum absolute atomic E-state index is 5.52. The topological polar surface area (TPSA) is 59.7 Å². The summed E-state index contributed by atoms with van der Waals surface area (Å²) in [5.74, 6) is 0. The van der Waals surface area contributed by atoms with E-state index >= 15 is 0 Å². The molecule has 2 aromatic carbocycles. The molecule has 2 N–H and O–H groups in total. The average molecular weight is 417 g/mol. The van der Waals surface area contributed by atoms with Crippen molar-refractivity contribution in [3.05, 3.63) is 95.6 Å². The van der Waals surface area contributed by atoms with Crippen LogP contribution in [0.15, 0.2) is 73.1 Å². The number of rotatable bonds is 6. The molecule has 30 heavy (non-hydrogen) atoms. The summed E-state index contributed by atoms with van der Waals surface area (Å²) in [6.45, 7) is 5.47. The lowest BCUT2D eigenvalue weighted by atomic mass is 10.2. The number of aryl methyl sites for hydroxylation is 1. The Hall–Kier alpha value is -3.45. The number of hydrogen-bond acceptors (Lipinski definition) is 3. The first-order valence-electron chi connectivity index (χ1n) is 9.81. The van der Waals surface area contributed by atoms with E-state index < -0.39 is 0 Å². The van der Waals surface area contributed by atoms with E-state index in [0.29, 0.717) is 11.7 Å². The molecule has 0 radical (unpaired) electrons. The number of anilines is 2. The smallest absolute Gasteiger partial charge is 0.175 e. The van der Waals surface area contributed by atoms with Gasteiger partial charge in [0.2, 0.25) is 0 Å². The van der Waals surface area contributed by atoms with Crippen molar-refractivity contribution in [2.45, 2.75) is 26.9 Å². The second-order valence-corrected chi connectivity index (χ2v) is 7.59. The molecule has 0 saturated heterocycles. The van der Waals surface area contributed by atoms with E-state index in [9.17, 15) is 0 Å². The van der Waals surface area contributed by atoms with Gasteiger partial charge in [0.25, 0.3) is 0 Å². The Morgan fingerprint density at radius 2 is 1.53 bits per heavy atom. The third-order valence-electron chi connectivity index (χ3n) is 4.87. The number of hydrogen-bond donors (Lipinski definition) is 2. The molecule has 2 aromatic heterocycles. The van der Waals surface area contributed by atoms with Gasteiger partial charge in [-0.3, -0.25) is 9.36 Å². The molecule has 4 aromatic rings. The number of aromatic nitrogens is 4. The van der Waals surface area contributed by atoms with Crippen LogP contribution in [0.1, 0.15) is 22.5 Å². The number of benzene rings is 2. The minimum absolute atomic E-state index is 0.514. The molecule has 7 heteroatoms. The molecule has 0 saturated carbocycles. The Morgan fingerprint density at radius 3 is 2.20 bits per heavy atom. The summed E-state index contributed by atoms with van der Waals surface area (Å²) in [5.41, 5.74) is 6.13. The van der Waals surface area contributed by atoms with Crippen molar-refractivity contribution in [2.24, 2.45) is 0 Å². The maximum Gasteiger partial charge on any atom is 0.175 e. The molecular weight excluding hydrogens is 392 g/mol. The van der Waals surface area contributed by atoms with E-state index in [1.54, 1.807) is 6.20 Å². The summed E-state index contributed by atoms with van der Waals surface area (Å²) < 4.78 is 3.88. The van der Waals surface area contributed by atoms with Crippen molar-refractivity contribution in [1.29, 1.82) is 0 Å². The highest BCUT2D eigenvalue weighted by Gasteiger charge is 2.13. The summed E-state index contributed by atoms with van der Waals surface area (Å²) in [6.07, 6.45) is 3.72. The lowest BCUT2D eigenvalue weighted by molar-refractivity contribution is 0.659. The first kappa shape index (κ1) is 19.8. The Kier molecular flexibility index (Phi) is 5.90. The fourth-order valence-corrected chi connectivity index (χ4v) is 3.57. The third kappa shape index (κ3) is 4.75. The molecule has 2 heterocycles. The van der Waals surface area contributed by atoms with Crippen LogP contribution in [0.4, 0.5) is 11.4 Å². The fourth-order valence-electron chi connectivity index (χ4n) is 3.35. The molecule has 0 aliphatic carbocycles. The summed E-state index contributed by atoms with van der Waals surface area (Å²) >= 11 is 5.52.